The fourth-order valence-corrected chi connectivity index (χ4v) is 4.77. The van der Waals surface area contributed by atoms with Gasteiger partial charge < -0.3 is 9.67 Å². The van der Waals surface area contributed by atoms with Crippen LogP contribution in [0.15, 0.2) is 48.0 Å². The molecule has 7 nitrogen and oxygen atoms in total. The van der Waals surface area contributed by atoms with E-state index in [4.69, 9.17) is 0 Å². The second-order valence-electron chi connectivity index (χ2n) is 6.96. The summed E-state index contributed by atoms with van der Waals surface area (Å²) in [4.78, 5) is 13.0. The Kier molecular flexibility index (Phi) is 5.57. The second-order valence-corrected chi connectivity index (χ2v) is 8.64. The summed E-state index contributed by atoms with van der Waals surface area (Å²) in [6.45, 7) is 5.30. The fraction of sp³-hybridized carbons (Fsp3) is 0.238. The van der Waals surface area contributed by atoms with Crippen molar-refractivity contribution in [2.24, 2.45) is 7.05 Å². The largest absolute Gasteiger partial charge is 0.387 e. The molecule has 150 valence electrons. The summed E-state index contributed by atoms with van der Waals surface area (Å²) in [6, 6.07) is 6.44. The molecular formula is C21H21N3O4S. The molecule has 1 aromatic heterocycles. The maximum atomic E-state index is 13.0. The number of sulfonamides is 1. The van der Waals surface area contributed by atoms with Crippen LogP contribution in [-0.2, 0) is 23.5 Å². The van der Waals surface area contributed by atoms with Crippen molar-refractivity contribution in [1.82, 2.24) is 9.29 Å². The van der Waals surface area contributed by atoms with E-state index in [2.05, 4.69) is 17.4 Å². The highest BCUT2D eigenvalue weighted by Crippen LogP contribution is 2.28. The van der Waals surface area contributed by atoms with Crippen LogP contribution in [-0.4, -0.2) is 36.0 Å². The SMILES string of the molecule is C=CC(O)[C@@H]1C=Cc2c(cn(C)c2C(=O)Cc2ccc(C)c(C#N)c2)S(=O)(=O)N1. The number of nitriles is 1. The molecule has 0 saturated carbocycles. The molecule has 0 saturated heterocycles. The molecule has 0 radical (unpaired) electrons. The summed E-state index contributed by atoms with van der Waals surface area (Å²) in [5.74, 6) is -0.274. The van der Waals surface area contributed by atoms with Crippen molar-refractivity contribution in [2.45, 2.75) is 30.4 Å². The highest BCUT2D eigenvalue weighted by atomic mass is 32.2. The maximum absolute atomic E-state index is 13.0. The summed E-state index contributed by atoms with van der Waals surface area (Å²) >= 11 is 0. The minimum atomic E-state index is -3.94. The van der Waals surface area contributed by atoms with Gasteiger partial charge in [-0.1, -0.05) is 30.4 Å². The number of rotatable bonds is 5. The van der Waals surface area contributed by atoms with Crippen molar-refractivity contribution in [3.8, 4) is 6.07 Å². The van der Waals surface area contributed by atoms with Crippen LogP contribution in [0.4, 0.5) is 0 Å². The van der Waals surface area contributed by atoms with Gasteiger partial charge in [0, 0.05) is 25.2 Å². The average Bonchev–Trinajstić information content (AvgIpc) is 2.96. The number of aliphatic hydroxyl groups is 1. The van der Waals surface area contributed by atoms with Crippen LogP contribution >= 0.6 is 0 Å². The molecule has 1 aliphatic heterocycles. The predicted molar refractivity (Wildman–Crippen MR) is 109 cm³/mol. The summed E-state index contributed by atoms with van der Waals surface area (Å²) in [7, 11) is -2.34. The van der Waals surface area contributed by atoms with Gasteiger partial charge in [-0.3, -0.25) is 4.79 Å². The first kappa shape index (κ1) is 20.7. The van der Waals surface area contributed by atoms with E-state index in [0.29, 0.717) is 11.1 Å². The van der Waals surface area contributed by atoms with Crippen LogP contribution in [0.3, 0.4) is 0 Å². The number of fused-ring (bicyclic) bond motifs is 1. The fourth-order valence-electron chi connectivity index (χ4n) is 3.32. The highest BCUT2D eigenvalue weighted by Gasteiger charge is 2.31. The lowest BCUT2D eigenvalue weighted by molar-refractivity contribution is 0.0985. The number of nitrogens with one attached hydrogen (secondary N) is 1. The van der Waals surface area contributed by atoms with Crippen LogP contribution in [0.1, 0.15) is 32.7 Å². The summed E-state index contributed by atoms with van der Waals surface area (Å²) in [5, 5.41) is 19.2. The third kappa shape index (κ3) is 3.93. The van der Waals surface area contributed by atoms with Gasteiger partial charge in [-0.25, -0.2) is 13.1 Å². The normalized spacial score (nSPS) is 18.3. The summed E-state index contributed by atoms with van der Waals surface area (Å²) in [5.41, 5.74) is 2.51. The maximum Gasteiger partial charge on any atom is 0.243 e. The molecule has 1 aliphatic rings. The average molecular weight is 411 g/mol. The molecule has 0 aliphatic carbocycles. The second kappa shape index (κ2) is 7.79. The quantitative estimate of drug-likeness (QED) is 0.576. The van der Waals surface area contributed by atoms with Gasteiger partial charge in [-0.15, -0.1) is 6.58 Å². The number of aliphatic hydroxyl groups excluding tert-OH is 1. The van der Waals surface area contributed by atoms with Gasteiger partial charge in [0.2, 0.25) is 10.0 Å². The Labute approximate surface area is 169 Å². The number of hydrogen-bond donors (Lipinski definition) is 2. The third-order valence-electron chi connectivity index (χ3n) is 4.90. The van der Waals surface area contributed by atoms with E-state index in [1.165, 1.54) is 29.0 Å². The van der Waals surface area contributed by atoms with Gasteiger partial charge >= 0.3 is 0 Å². The number of carbonyl (C=O) groups excluding carboxylic acids is 1. The van der Waals surface area contributed by atoms with E-state index in [1.807, 2.05) is 6.92 Å². The van der Waals surface area contributed by atoms with Gasteiger partial charge in [0.25, 0.3) is 0 Å². The molecule has 0 bridgehead atoms. The Morgan fingerprint density at radius 1 is 1.48 bits per heavy atom. The van der Waals surface area contributed by atoms with Crippen molar-refractivity contribution in [3.05, 3.63) is 71.1 Å². The molecule has 1 aromatic carbocycles. The van der Waals surface area contributed by atoms with Gasteiger partial charge in [-0.2, -0.15) is 5.26 Å². The van der Waals surface area contributed by atoms with Gasteiger partial charge in [0.15, 0.2) is 5.78 Å². The van der Waals surface area contributed by atoms with Gasteiger partial charge in [0.05, 0.1) is 29.5 Å². The number of ketones is 1. The molecule has 29 heavy (non-hydrogen) atoms. The van der Waals surface area contributed by atoms with Crippen molar-refractivity contribution in [1.29, 1.82) is 5.26 Å². The number of nitrogens with zero attached hydrogens (tertiary/aromatic N) is 2. The Balaban J connectivity index is 2.03. The smallest absolute Gasteiger partial charge is 0.243 e. The monoisotopic (exact) mass is 411 g/mol. The van der Waals surface area contributed by atoms with Crippen molar-refractivity contribution >= 4 is 21.9 Å². The van der Waals surface area contributed by atoms with Crippen molar-refractivity contribution < 1.29 is 18.3 Å². The first-order valence-corrected chi connectivity index (χ1v) is 10.4. The van der Waals surface area contributed by atoms with Crippen LogP contribution in [0.2, 0.25) is 0 Å². The van der Waals surface area contributed by atoms with Crippen LogP contribution in [0.25, 0.3) is 6.08 Å². The number of carbonyl (C=O) groups is 1. The van der Waals surface area contributed by atoms with Gasteiger partial charge in [-0.05, 0) is 24.1 Å². The Morgan fingerprint density at radius 2 is 2.21 bits per heavy atom. The molecule has 2 atom stereocenters. The molecule has 0 amide bonds. The van der Waals surface area contributed by atoms with Crippen LogP contribution in [0, 0.1) is 18.3 Å². The number of hydrogen-bond acceptors (Lipinski definition) is 5. The number of Topliss-reactive ketones (excluding diaryl/α,β-unsaturated/α-hetero) is 1. The van der Waals surface area contributed by atoms with Crippen LogP contribution in [0.5, 0.6) is 0 Å². The van der Waals surface area contributed by atoms with Crippen molar-refractivity contribution in [2.75, 3.05) is 0 Å². The Morgan fingerprint density at radius 3 is 2.86 bits per heavy atom. The molecule has 0 spiro atoms. The number of benzene rings is 1. The zero-order valence-electron chi connectivity index (χ0n) is 16.1. The number of aryl methyl sites for hydroxylation is 2. The lowest BCUT2D eigenvalue weighted by Crippen LogP contribution is -2.40. The molecule has 2 N–H and O–H groups in total. The van der Waals surface area contributed by atoms with Crippen molar-refractivity contribution in [3.63, 3.8) is 0 Å². The predicted octanol–water partition coefficient (Wildman–Crippen LogP) is 1.85. The summed E-state index contributed by atoms with van der Waals surface area (Å²) in [6.07, 6.45) is 4.59. The van der Waals surface area contributed by atoms with Gasteiger partial charge in [0.1, 0.15) is 4.90 Å². The first-order valence-electron chi connectivity index (χ1n) is 8.91. The lowest BCUT2D eigenvalue weighted by Gasteiger charge is -2.16. The van der Waals surface area contributed by atoms with E-state index < -0.39 is 22.2 Å². The zero-order valence-corrected chi connectivity index (χ0v) is 16.9. The standard InChI is InChI=1S/C21H21N3O4S/c1-4-18(25)17-8-7-16-20(29(27,28)23-17)12-24(3)21(16)19(26)10-14-6-5-13(2)15(9-14)11-22/h4-9,12,17-18,23,25H,1,10H2,2-3H3/t17-,18?/m0/s1. The minimum Gasteiger partial charge on any atom is -0.387 e. The Hall–Kier alpha value is -2.99. The van der Waals surface area contributed by atoms with E-state index in [1.54, 1.807) is 25.2 Å². The minimum absolute atomic E-state index is 0.0271. The van der Waals surface area contributed by atoms with E-state index in [0.717, 1.165) is 5.56 Å². The lowest BCUT2D eigenvalue weighted by atomic mass is 10.00. The highest BCUT2D eigenvalue weighted by molar-refractivity contribution is 7.89. The molecule has 2 aromatic rings. The van der Waals surface area contributed by atoms with E-state index in [9.17, 15) is 23.6 Å². The topological polar surface area (TPSA) is 112 Å². The number of aromatic nitrogens is 1. The summed E-state index contributed by atoms with van der Waals surface area (Å²) < 4.78 is 29.4. The molecule has 0 fully saturated rings. The first-order chi connectivity index (χ1) is 13.7. The van der Waals surface area contributed by atoms with Crippen LogP contribution < -0.4 is 4.72 Å². The third-order valence-corrected chi connectivity index (χ3v) is 6.38. The van der Waals surface area contributed by atoms with E-state index >= 15 is 0 Å². The molecule has 8 heteroatoms. The van der Waals surface area contributed by atoms with E-state index in [-0.39, 0.29) is 28.4 Å². The molecular weight excluding hydrogens is 390 g/mol. The zero-order chi connectivity index (χ0) is 21.3. The molecule has 1 unspecified atom stereocenters. The Bertz CT molecular complexity index is 1170. The molecule has 3 rings (SSSR count). The molecule has 2 heterocycles.